The molecule has 1 heterocycles. The maximum Gasteiger partial charge on any atom is 0.234 e. The van der Waals surface area contributed by atoms with Crippen molar-refractivity contribution in [3.8, 4) is 0 Å². The van der Waals surface area contributed by atoms with Gasteiger partial charge in [0.1, 0.15) is 5.82 Å². The molecule has 5 rings (SSSR count). The molecule has 0 bridgehead atoms. The second kappa shape index (κ2) is 7.95. The number of carbonyl (C=O) groups is 1. The Morgan fingerprint density at radius 3 is 2.63 bits per heavy atom. The first-order chi connectivity index (χ1) is 14.7. The fourth-order valence-electron chi connectivity index (χ4n) is 4.09. The van der Waals surface area contributed by atoms with Crippen LogP contribution in [-0.4, -0.2) is 26.4 Å². The van der Waals surface area contributed by atoms with E-state index >= 15 is 0 Å². The zero-order valence-electron chi connectivity index (χ0n) is 16.8. The molecule has 6 heteroatoms. The van der Waals surface area contributed by atoms with Crippen LogP contribution in [0.1, 0.15) is 22.5 Å². The van der Waals surface area contributed by atoms with Gasteiger partial charge in [-0.2, -0.15) is 0 Å². The summed E-state index contributed by atoms with van der Waals surface area (Å²) < 4.78 is 2.05. The normalized spacial score (nSPS) is 12.4. The van der Waals surface area contributed by atoms with Crippen LogP contribution >= 0.6 is 11.8 Å². The SMILES string of the molecule is Cc1nnc(SCC(=O)Nc2ccc3c4c(cccc24)CC3)n1Cc1ccccc1. The summed E-state index contributed by atoms with van der Waals surface area (Å²) in [4.78, 5) is 12.7. The first kappa shape index (κ1) is 18.9. The molecule has 1 aromatic heterocycles. The lowest BCUT2D eigenvalue weighted by Gasteiger charge is -2.11. The lowest BCUT2D eigenvalue weighted by molar-refractivity contribution is -0.113. The Bertz CT molecular complexity index is 1220. The van der Waals surface area contributed by atoms with Gasteiger partial charge in [-0.15, -0.1) is 10.2 Å². The van der Waals surface area contributed by atoms with E-state index in [1.165, 1.54) is 33.8 Å². The van der Waals surface area contributed by atoms with Gasteiger partial charge in [0.2, 0.25) is 5.91 Å². The van der Waals surface area contributed by atoms with Crippen molar-refractivity contribution in [1.82, 2.24) is 14.8 Å². The second-order valence-corrected chi connectivity index (χ2v) is 8.49. The second-order valence-electron chi connectivity index (χ2n) is 7.55. The first-order valence-corrected chi connectivity index (χ1v) is 11.1. The zero-order chi connectivity index (χ0) is 20.5. The van der Waals surface area contributed by atoms with Crippen molar-refractivity contribution in [3.05, 3.63) is 83.2 Å². The Labute approximate surface area is 179 Å². The third-order valence-electron chi connectivity index (χ3n) is 5.57. The Kier molecular flexibility index (Phi) is 5.01. The molecule has 3 aromatic carbocycles. The van der Waals surface area contributed by atoms with Crippen molar-refractivity contribution in [1.29, 1.82) is 0 Å². The van der Waals surface area contributed by atoms with Crippen molar-refractivity contribution in [3.63, 3.8) is 0 Å². The summed E-state index contributed by atoms with van der Waals surface area (Å²) in [6.45, 7) is 2.63. The van der Waals surface area contributed by atoms with Crippen molar-refractivity contribution >= 4 is 34.1 Å². The van der Waals surface area contributed by atoms with Crippen LogP contribution in [0.2, 0.25) is 0 Å². The lowest BCUT2D eigenvalue weighted by Crippen LogP contribution is -2.15. The fourth-order valence-corrected chi connectivity index (χ4v) is 4.87. The zero-order valence-corrected chi connectivity index (χ0v) is 17.6. The minimum Gasteiger partial charge on any atom is -0.325 e. The van der Waals surface area contributed by atoms with Gasteiger partial charge in [0, 0.05) is 11.1 Å². The summed E-state index contributed by atoms with van der Waals surface area (Å²) in [5.41, 5.74) is 4.81. The van der Waals surface area contributed by atoms with E-state index in [1.54, 1.807) is 0 Å². The minimum absolute atomic E-state index is 0.0365. The van der Waals surface area contributed by atoms with Gasteiger partial charge in [0.05, 0.1) is 12.3 Å². The highest BCUT2D eigenvalue weighted by atomic mass is 32.2. The van der Waals surface area contributed by atoms with E-state index in [-0.39, 0.29) is 11.7 Å². The predicted octanol–water partition coefficient (Wildman–Crippen LogP) is 4.62. The summed E-state index contributed by atoms with van der Waals surface area (Å²) in [7, 11) is 0. The van der Waals surface area contributed by atoms with Gasteiger partial charge in [-0.1, -0.05) is 66.4 Å². The van der Waals surface area contributed by atoms with E-state index < -0.39 is 0 Å². The van der Waals surface area contributed by atoms with E-state index in [0.29, 0.717) is 6.54 Å². The van der Waals surface area contributed by atoms with Gasteiger partial charge in [0.15, 0.2) is 5.16 Å². The molecule has 0 saturated heterocycles. The van der Waals surface area contributed by atoms with E-state index in [4.69, 9.17) is 0 Å². The molecule has 1 aliphatic rings. The fraction of sp³-hybridized carbons (Fsp3) is 0.208. The molecule has 0 aliphatic heterocycles. The quantitative estimate of drug-likeness (QED) is 0.468. The Balaban J connectivity index is 1.30. The summed E-state index contributed by atoms with van der Waals surface area (Å²) in [5.74, 6) is 1.09. The number of hydrogen-bond donors (Lipinski definition) is 1. The number of anilines is 1. The number of benzene rings is 3. The van der Waals surface area contributed by atoms with Crippen LogP contribution in [0.25, 0.3) is 10.8 Å². The van der Waals surface area contributed by atoms with Gasteiger partial charge >= 0.3 is 0 Å². The third kappa shape index (κ3) is 3.59. The Hall–Kier alpha value is -3.12. The van der Waals surface area contributed by atoms with Gasteiger partial charge in [-0.3, -0.25) is 4.79 Å². The highest BCUT2D eigenvalue weighted by Gasteiger charge is 2.17. The number of amides is 1. The van der Waals surface area contributed by atoms with Crippen molar-refractivity contribution in [2.45, 2.75) is 31.5 Å². The molecule has 1 amide bonds. The molecule has 5 nitrogen and oxygen atoms in total. The topological polar surface area (TPSA) is 59.8 Å². The summed E-state index contributed by atoms with van der Waals surface area (Å²) in [6.07, 6.45) is 2.16. The predicted molar refractivity (Wildman–Crippen MR) is 121 cm³/mol. The van der Waals surface area contributed by atoms with Crippen molar-refractivity contribution in [2.24, 2.45) is 0 Å². The average molecular weight is 415 g/mol. The van der Waals surface area contributed by atoms with E-state index in [9.17, 15) is 4.79 Å². The lowest BCUT2D eigenvalue weighted by atomic mass is 10.0. The number of carbonyl (C=O) groups excluding carboxylic acids is 1. The van der Waals surface area contributed by atoms with Crippen LogP contribution in [0.5, 0.6) is 0 Å². The van der Waals surface area contributed by atoms with Crippen LogP contribution in [0.3, 0.4) is 0 Å². The molecule has 1 aliphatic carbocycles. The molecule has 0 radical (unpaired) electrons. The molecule has 30 heavy (non-hydrogen) atoms. The minimum atomic E-state index is -0.0365. The van der Waals surface area contributed by atoms with E-state index in [0.717, 1.165) is 34.9 Å². The highest BCUT2D eigenvalue weighted by molar-refractivity contribution is 7.99. The van der Waals surface area contributed by atoms with Gasteiger partial charge in [0.25, 0.3) is 0 Å². The van der Waals surface area contributed by atoms with Crippen LogP contribution < -0.4 is 5.32 Å². The van der Waals surface area contributed by atoms with Gasteiger partial charge in [-0.25, -0.2) is 0 Å². The van der Waals surface area contributed by atoms with E-state index in [2.05, 4.69) is 51.9 Å². The number of rotatable bonds is 6. The molecule has 0 unspecified atom stereocenters. The molecular weight excluding hydrogens is 392 g/mol. The van der Waals surface area contributed by atoms with Crippen LogP contribution in [-0.2, 0) is 24.2 Å². The van der Waals surface area contributed by atoms with Crippen LogP contribution in [0.4, 0.5) is 5.69 Å². The standard InChI is InChI=1S/C24H22N4OS/c1-16-26-27-24(28(16)14-17-6-3-2-4-7-17)30-15-22(29)25-21-13-12-19-11-10-18-8-5-9-20(21)23(18)19/h2-9,12-13H,10-11,14-15H2,1H3,(H,25,29). The molecule has 0 saturated carbocycles. The molecular formula is C24H22N4OS. The van der Waals surface area contributed by atoms with Crippen molar-refractivity contribution in [2.75, 3.05) is 11.1 Å². The molecule has 0 spiro atoms. The smallest absolute Gasteiger partial charge is 0.234 e. The van der Waals surface area contributed by atoms with E-state index in [1.807, 2.05) is 35.8 Å². The van der Waals surface area contributed by atoms with Gasteiger partial charge in [-0.05, 0) is 47.9 Å². The monoisotopic (exact) mass is 414 g/mol. The van der Waals surface area contributed by atoms with Crippen LogP contribution in [0.15, 0.2) is 65.8 Å². The maximum absolute atomic E-state index is 12.7. The summed E-state index contributed by atoms with van der Waals surface area (Å²) >= 11 is 1.42. The molecule has 150 valence electrons. The molecule has 0 fully saturated rings. The number of thioether (sulfide) groups is 1. The Morgan fingerprint density at radius 2 is 1.80 bits per heavy atom. The first-order valence-electron chi connectivity index (χ1n) is 10.1. The summed E-state index contributed by atoms with van der Waals surface area (Å²) in [5, 5.41) is 14.8. The number of aryl methyl sites for hydroxylation is 3. The molecule has 0 atom stereocenters. The van der Waals surface area contributed by atoms with Gasteiger partial charge < -0.3 is 9.88 Å². The largest absolute Gasteiger partial charge is 0.325 e. The van der Waals surface area contributed by atoms with Crippen molar-refractivity contribution < 1.29 is 4.79 Å². The molecule has 1 N–H and O–H groups in total. The number of nitrogens with one attached hydrogen (secondary N) is 1. The third-order valence-corrected chi connectivity index (χ3v) is 6.54. The highest BCUT2D eigenvalue weighted by Crippen LogP contribution is 2.35. The molecule has 4 aromatic rings. The summed E-state index contributed by atoms with van der Waals surface area (Å²) in [6, 6.07) is 20.7. The maximum atomic E-state index is 12.7. The average Bonchev–Trinajstić information content (AvgIpc) is 3.34. The number of hydrogen-bond acceptors (Lipinski definition) is 4. The van der Waals surface area contributed by atoms with Crippen LogP contribution in [0, 0.1) is 6.92 Å². The number of nitrogens with zero attached hydrogens (tertiary/aromatic N) is 3. The number of aromatic nitrogens is 3. The Morgan fingerprint density at radius 1 is 1.00 bits per heavy atom.